The first-order valence-corrected chi connectivity index (χ1v) is 5.39. The molecule has 0 unspecified atom stereocenters. The Bertz CT molecular complexity index is 482. The molecule has 0 aliphatic rings. The van der Waals surface area contributed by atoms with Gasteiger partial charge in [-0.25, -0.2) is 4.68 Å². The predicted octanol–water partition coefficient (Wildman–Crippen LogP) is 0.873. The minimum Gasteiger partial charge on any atom is -0.496 e. The van der Waals surface area contributed by atoms with Gasteiger partial charge in [0.1, 0.15) is 5.75 Å². The van der Waals surface area contributed by atoms with Gasteiger partial charge in [-0.1, -0.05) is 23.3 Å². The first-order valence-electron chi connectivity index (χ1n) is 5.39. The molecule has 2 rings (SSSR count). The number of aromatic nitrogens is 4. The minimum absolute atomic E-state index is 0.667. The number of aryl methyl sites for hydroxylation is 1. The number of methoxy groups -OCH3 is 1. The monoisotopic (exact) mass is 233 g/mol. The lowest BCUT2D eigenvalue weighted by Crippen LogP contribution is -2.10. The fourth-order valence-electron chi connectivity index (χ4n) is 1.60. The van der Waals surface area contributed by atoms with Gasteiger partial charge < -0.3 is 10.1 Å². The number of nitrogens with one attached hydrogen (secondary N) is 1. The van der Waals surface area contributed by atoms with Crippen LogP contribution in [0.1, 0.15) is 5.56 Å². The quantitative estimate of drug-likeness (QED) is 0.830. The maximum atomic E-state index is 5.28. The summed E-state index contributed by atoms with van der Waals surface area (Å²) < 4.78 is 6.88. The number of benzene rings is 1. The number of tetrazole rings is 1. The third-order valence-corrected chi connectivity index (χ3v) is 2.49. The van der Waals surface area contributed by atoms with Crippen LogP contribution < -0.4 is 10.1 Å². The Morgan fingerprint density at radius 1 is 1.35 bits per heavy atom. The molecule has 0 radical (unpaired) electrons. The predicted molar refractivity (Wildman–Crippen MR) is 64.0 cm³/mol. The Kier molecular flexibility index (Phi) is 3.54. The van der Waals surface area contributed by atoms with E-state index in [0.717, 1.165) is 24.3 Å². The van der Waals surface area contributed by atoms with Gasteiger partial charge in [-0.05, 0) is 28.5 Å². The summed E-state index contributed by atoms with van der Waals surface area (Å²) in [5.41, 5.74) is 1.16. The molecule has 0 fully saturated rings. The molecular formula is C11H15N5O. The van der Waals surface area contributed by atoms with Gasteiger partial charge in [-0.3, -0.25) is 0 Å². The van der Waals surface area contributed by atoms with Crippen LogP contribution in [-0.4, -0.2) is 33.9 Å². The van der Waals surface area contributed by atoms with Gasteiger partial charge in [-0.2, -0.15) is 0 Å². The van der Waals surface area contributed by atoms with Crippen LogP contribution in [0.4, 0.5) is 5.95 Å². The van der Waals surface area contributed by atoms with Crippen molar-refractivity contribution in [1.29, 1.82) is 0 Å². The van der Waals surface area contributed by atoms with Gasteiger partial charge >= 0.3 is 0 Å². The number of ether oxygens (including phenoxy) is 1. The SMILES string of the molecule is COc1ccccc1CCNc1nnnn1C. The molecule has 1 aromatic heterocycles. The van der Waals surface area contributed by atoms with Crippen molar-refractivity contribution in [3.63, 3.8) is 0 Å². The van der Waals surface area contributed by atoms with Gasteiger partial charge in [0.25, 0.3) is 0 Å². The zero-order valence-corrected chi connectivity index (χ0v) is 9.92. The van der Waals surface area contributed by atoms with Crippen molar-refractivity contribution < 1.29 is 4.74 Å². The molecule has 0 aliphatic heterocycles. The van der Waals surface area contributed by atoms with Crippen LogP contribution in [0.2, 0.25) is 0 Å². The van der Waals surface area contributed by atoms with Crippen molar-refractivity contribution in [3.05, 3.63) is 29.8 Å². The van der Waals surface area contributed by atoms with Crippen molar-refractivity contribution in [2.75, 3.05) is 19.0 Å². The molecule has 0 spiro atoms. The van der Waals surface area contributed by atoms with E-state index in [2.05, 4.69) is 26.9 Å². The summed E-state index contributed by atoms with van der Waals surface area (Å²) in [5, 5.41) is 14.3. The van der Waals surface area contributed by atoms with Crippen LogP contribution in [0.5, 0.6) is 5.75 Å². The Hall–Kier alpha value is -2.11. The lowest BCUT2D eigenvalue weighted by atomic mass is 10.1. The molecule has 0 aliphatic carbocycles. The Labute approximate surface area is 99.6 Å². The molecular weight excluding hydrogens is 218 g/mol. The largest absolute Gasteiger partial charge is 0.496 e. The van der Waals surface area contributed by atoms with Crippen molar-refractivity contribution in [1.82, 2.24) is 20.2 Å². The molecule has 0 bridgehead atoms. The van der Waals surface area contributed by atoms with E-state index in [9.17, 15) is 0 Å². The van der Waals surface area contributed by atoms with Crippen molar-refractivity contribution in [3.8, 4) is 5.75 Å². The summed E-state index contributed by atoms with van der Waals surface area (Å²) in [7, 11) is 3.48. The summed E-state index contributed by atoms with van der Waals surface area (Å²) in [6.45, 7) is 0.759. The molecule has 0 saturated carbocycles. The molecule has 1 heterocycles. The maximum Gasteiger partial charge on any atom is 0.242 e. The van der Waals surface area contributed by atoms with Crippen LogP contribution >= 0.6 is 0 Å². The molecule has 6 heteroatoms. The topological polar surface area (TPSA) is 64.9 Å². The van der Waals surface area contributed by atoms with Crippen molar-refractivity contribution in [2.24, 2.45) is 7.05 Å². The molecule has 2 aromatic rings. The van der Waals surface area contributed by atoms with Gasteiger partial charge in [0.05, 0.1) is 7.11 Å². The fourth-order valence-corrected chi connectivity index (χ4v) is 1.60. The van der Waals surface area contributed by atoms with E-state index in [1.807, 2.05) is 18.2 Å². The number of para-hydroxylation sites is 1. The number of anilines is 1. The van der Waals surface area contributed by atoms with E-state index in [1.165, 1.54) is 0 Å². The zero-order chi connectivity index (χ0) is 12.1. The molecule has 90 valence electrons. The lowest BCUT2D eigenvalue weighted by molar-refractivity contribution is 0.410. The highest BCUT2D eigenvalue weighted by Gasteiger charge is 2.03. The Morgan fingerprint density at radius 3 is 2.88 bits per heavy atom. The third kappa shape index (κ3) is 2.72. The number of nitrogens with zero attached hydrogens (tertiary/aromatic N) is 4. The normalized spacial score (nSPS) is 10.2. The molecule has 6 nitrogen and oxygen atoms in total. The number of hydrogen-bond acceptors (Lipinski definition) is 5. The minimum atomic E-state index is 0.667. The first kappa shape index (κ1) is 11.4. The van der Waals surface area contributed by atoms with E-state index in [0.29, 0.717) is 5.95 Å². The Balaban J connectivity index is 1.92. The molecule has 0 atom stereocenters. The van der Waals surface area contributed by atoms with E-state index in [4.69, 9.17) is 4.74 Å². The summed E-state index contributed by atoms with van der Waals surface area (Å²) in [4.78, 5) is 0. The van der Waals surface area contributed by atoms with Crippen LogP contribution in [0.25, 0.3) is 0 Å². The second kappa shape index (κ2) is 5.29. The van der Waals surface area contributed by atoms with E-state index >= 15 is 0 Å². The first-order chi connectivity index (χ1) is 8.31. The second-order valence-corrected chi connectivity index (χ2v) is 3.61. The molecule has 1 N–H and O–H groups in total. The Morgan fingerprint density at radius 2 is 2.18 bits per heavy atom. The van der Waals surface area contributed by atoms with Crippen molar-refractivity contribution in [2.45, 2.75) is 6.42 Å². The zero-order valence-electron chi connectivity index (χ0n) is 9.92. The smallest absolute Gasteiger partial charge is 0.242 e. The molecule has 17 heavy (non-hydrogen) atoms. The summed E-state index contributed by atoms with van der Waals surface area (Å²) in [5.74, 6) is 1.57. The standard InChI is InChI=1S/C11H15N5O/c1-16-11(13-14-15-16)12-8-7-9-5-3-4-6-10(9)17-2/h3-6H,7-8H2,1-2H3,(H,12,13,15). The molecule has 0 saturated heterocycles. The van der Waals surface area contributed by atoms with E-state index in [-0.39, 0.29) is 0 Å². The molecule has 0 amide bonds. The van der Waals surface area contributed by atoms with E-state index in [1.54, 1.807) is 18.8 Å². The van der Waals surface area contributed by atoms with Gasteiger partial charge in [-0.15, -0.1) is 0 Å². The molecule has 1 aromatic carbocycles. The average Bonchev–Trinajstić information content (AvgIpc) is 2.76. The summed E-state index contributed by atoms with van der Waals surface area (Å²) in [6, 6.07) is 7.97. The van der Waals surface area contributed by atoms with Crippen LogP contribution in [0.15, 0.2) is 24.3 Å². The van der Waals surface area contributed by atoms with Crippen LogP contribution in [-0.2, 0) is 13.5 Å². The van der Waals surface area contributed by atoms with Crippen LogP contribution in [0, 0.1) is 0 Å². The average molecular weight is 233 g/mol. The number of hydrogen-bond donors (Lipinski definition) is 1. The fraction of sp³-hybridized carbons (Fsp3) is 0.364. The lowest BCUT2D eigenvalue weighted by Gasteiger charge is -2.08. The van der Waals surface area contributed by atoms with Crippen molar-refractivity contribution >= 4 is 5.95 Å². The summed E-state index contributed by atoms with van der Waals surface area (Å²) >= 11 is 0. The highest BCUT2D eigenvalue weighted by Crippen LogP contribution is 2.17. The highest BCUT2D eigenvalue weighted by atomic mass is 16.5. The maximum absolute atomic E-state index is 5.28. The van der Waals surface area contributed by atoms with Gasteiger partial charge in [0.15, 0.2) is 0 Å². The highest BCUT2D eigenvalue weighted by molar-refractivity contribution is 5.34. The van der Waals surface area contributed by atoms with E-state index < -0.39 is 0 Å². The van der Waals surface area contributed by atoms with Crippen LogP contribution in [0.3, 0.4) is 0 Å². The number of rotatable bonds is 5. The van der Waals surface area contributed by atoms with Gasteiger partial charge in [0, 0.05) is 13.6 Å². The summed E-state index contributed by atoms with van der Waals surface area (Å²) in [6.07, 6.45) is 0.858. The van der Waals surface area contributed by atoms with Gasteiger partial charge in [0.2, 0.25) is 5.95 Å². The third-order valence-electron chi connectivity index (χ3n) is 2.49. The second-order valence-electron chi connectivity index (χ2n) is 3.61.